The summed E-state index contributed by atoms with van der Waals surface area (Å²) in [5, 5.41) is 14.8. The van der Waals surface area contributed by atoms with Crippen LogP contribution >= 0.6 is 0 Å². The lowest BCUT2D eigenvalue weighted by Crippen LogP contribution is -2.51. The third-order valence-corrected chi connectivity index (χ3v) is 6.17. The highest BCUT2D eigenvalue weighted by molar-refractivity contribution is 5.66. The summed E-state index contributed by atoms with van der Waals surface area (Å²) in [6, 6.07) is 15.8. The smallest absolute Gasteiger partial charge is 0.228 e. The molecule has 0 aliphatic carbocycles. The summed E-state index contributed by atoms with van der Waals surface area (Å²) in [5.41, 5.74) is 5.54. The summed E-state index contributed by atoms with van der Waals surface area (Å²) in [7, 11) is 0. The van der Waals surface area contributed by atoms with Gasteiger partial charge >= 0.3 is 0 Å². The molecule has 32 heavy (non-hydrogen) atoms. The van der Waals surface area contributed by atoms with Crippen molar-refractivity contribution in [1.29, 1.82) is 5.26 Å². The topological polar surface area (TPSA) is 117 Å². The number of fused-ring (bicyclic) bond motifs is 2. The highest BCUT2D eigenvalue weighted by atomic mass is 16.8. The van der Waals surface area contributed by atoms with E-state index in [0.29, 0.717) is 23.6 Å². The van der Waals surface area contributed by atoms with Crippen LogP contribution in [0.5, 0.6) is 0 Å². The maximum absolute atomic E-state index is 10.5. The molecule has 3 aromatic rings. The third kappa shape index (κ3) is 2.99. The van der Waals surface area contributed by atoms with Crippen LogP contribution in [0.2, 0.25) is 0 Å². The zero-order valence-electron chi connectivity index (χ0n) is 18.2. The zero-order chi connectivity index (χ0) is 22.6. The van der Waals surface area contributed by atoms with Crippen LogP contribution < -0.4 is 5.73 Å². The van der Waals surface area contributed by atoms with E-state index in [9.17, 15) is 5.26 Å². The van der Waals surface area contributed by atoms with E-state index in [2.05, 4.69) is 16.2 Å². The lowest BCUT2D eigenvalue weighted by Gasteiger charge is -2.35. The van der Waals surface area contributed by atoms with Crippen molar-refractivity contribution < 1.29 is 18.9 Å². The van der Waals surface area contributed by atoms with Crippen molar-refractivity contribution in [3.63, 3.8) is 0 Å². The number of hydrogen-bond donors (Lipinski definition) is 1. The average molecular weight is 435 g/mol. The van der Waals surface area contributed by atoms with E-state index < -0.39 is 29.2 Å². The molecule has 0 saturated carbocycles. The Balaban J connectivity index is 1.52. The van der Waals surface area contributed by atoms with Gasteiger partial charge < -0.3 is 24.7 Å². The fourth-order valence-corrected chi connectivity index (χ4v) is 4.84. The second-order valence-electron chi connectivity index (χ2n) is 8.76. The fraction of sp³-hybridized carbons (Fsp3) is 0.435. The van der Waals surface area contributed by atoms with Crippen LogP contribution in [0.3, 0.4) is 0 Å². The third-order valence-electron chi connectivity index (χ3n) is 6.17. The molecule has 5 rings (SSSR count). The van der Waals surface area contributed by atoms with Crippen molar-refractivity contribution in [2.45, 2.75) is 56.6 Å². The SMILES string of the molecule is CC1(C)O[C@@H]2[C@@H](COCc3ccccc3)O[C@@](C#N)(c3ccc4c(N)ncnn34)[C@]2(C)O1. The van der Waals surface area contributed by atoms with Gasteiger partial charge in [0.2, 0.25) is 5.60 Å². The molecular formula is C23H25N5O4. The second-order valence-corrected chi connectivity index (χ2v) is 8.76. The van der Waals surface area contributed by atoms with Gasteiger partial charge in [-0.3, -0.25) is 0 Å². The van der Waals surface area contributed by atoms with Gasteiger partial charge in [0.15, 0.2) is 11.6 Å². The number of nitriles is 1. The van der Waals surface area contributed by atoms with Gasteiger partial charge in [-0.05, 0) is 38.5 Å². The maximum atomic E-state index is 10.5. The van der Waals surface area contributed by atoms with E-state index in [1.165, 1.54) is 6.33 Å². The summed E-state index contributed by atoms with van der Waals surface area (Å²) >= 11 is 0. The van der Waals surface area contributed by atoms with Gasteiger partial charge in [-0.1, -0.05) is 30.3 Å². The predicted molar refractivity (Wildman–Crippen MR) is 114 cm³/mol. The Bertz CT molecular complexity index is 1190. The predicted octanol–water partition coefficient (Wildman–Crippen LogP) is 2.56. The van der Waals surface area contributed by atoms with E-state index in [4.69, 9.17) is 24.7 Å². The highest BCUT2D eigenvalue weighted by Crippen LogP contribution is 2.56. The number of rotatable bonds is 5. The molecule has 2 N–H and O–H groups in total. The molecule has 2 aliphatic rings. The number of nitrogens with two attached hydrogens (primary N) is 1. The van der Waals surface area contributed by atoms with Crippen LogP contribution in [0.1, 0.15) is 32.0 Å². The Hall–Kier alpha value is -3.03. The summed E-state index contributed by atoms with van der Waals surface area (Å²) in [6.45, 7) is 6.16. The molecule has 0 amide bonds. The number of aromatic nitrogens is 3. The minimum Gasteiger partial charge on any atom is -0.382 e. The Morgan fingerprint density at radius 2 is 1.94 bits per heavy atom. The molecule has 0 unspecified atom stereocenters. The maximum Gasteiger partial charge on any atom is 0.228 e. The Morgan fingerprint density at radius 3 is 2.69 bits per heavy atom. The Kier molecular flexibility index (Phi) is 4.72. The van der Waals surface area contributed by atoms with Gasteiger partial charge in [-0.2, -0.15) is 10.4 Å². The number of nitrogens with zero attached hydrogens (tertiary/aromatic N) is 4. The van der Waals surface area contributed by atoms with Crippen LogP contribution in [0.4, 0.5) is 5.82 Å². The van der Waals surface area contributed by atoms with Gasteiger partial charge in [-0.25, -0.2) is 9.50 Å². The number of hydrogen-bond acceptors (Lipinski definition) is 8. The van der Waals surface area contributed by atoms with Crippen LogP contribution in [-0.4, -0.2) is 44.8 Å². The fourth-order valence-electron chi connectivity index (χ4n) is 4.84. The molecular weight excluding hydrogens is 410 g/mol. The monoisotopic (exact) mass is 435 g/mol. The summed E-state index contributed by atoms with van der Waals surface area (Å²) in [6.07, 6.45) is 0.287. The molecule has 0 spiro atoms. The van der Waals surface area contributed by atoms with Crippen molar-refractivity contribution in [2.75, 3.05) is 12.3 Å². The first-order valence-electron chi connectivity index (χ1n) is 10.5. The van der Waals surface area contributed by atoms with Crippen molar-refractivity contribution in [3.8, 4) is 6.07 Å². The minimum atomic E-state index is -1.50. The quantitative estimate of drug-likeness (QED) is 0.650. The van der Waals surface area contributed by atoms with Crippen LogP contribution in [0, 0.1) is 11.3 Å². The number of ether oxygens (including phenoxy) is 4. The molecule has 2 aliphatic heterocycles. The molecule has 2 fully saturated rings. The summed E-state index contributed by atoms with van der Waals surface area (Å²) < 4.78 is 26.6. The molecule has 0 bridgehead atoms. The van der Waals surface area contributed by atoms with Crippen LogP contribution in [0.15, 0.2) is 48.8 Å². The Morgan fingerprint density at radius 1 is 1.16 bits per heavy atom. The number of benzene rings is 1. The van der Waals surface area contributed by atoms with E-state index >= 15 is 0 Å². The molecule has 9 nitrogen and oxygen atoms in total. The second kappa shape index (κ2) is 7.25. The van der Waals surface area contributed by atoms with E-state index in [-0.39, 0.29) is 6.61 Å². The van der Waals surface area contributed by atoms with Crippen molar-refractivity contribution in [2.24, 2.45) is 0 Å². The standard InChI is InChI=1S/C23H25N5O4/c1-21(2)31-19-17(12-29-11-15-7-5-4-6-8-15)30-23(13-24,22(19,3)32-21)18-10-9-16-20(25)26-14-27-28(16)18/h4-10,14,17,19H,11-12H2,1-3H3,(H2,25,26,27)/t17-,19-,22-,23+/m1/s1. The first-order chi connectivity index (χ1) is 15.3. The van der Waals surface area contributed by atoms with Gasteiger partial charge in [0, 0.05) is 0 Å². The molecule has 4 heterocycles. The number of anilines is 1. The molecule has 2 saturated heterocycles. The normalized spacial score (nSPS) is 30.9. The van der Waals surface area contributed by atoms with Gasteiger partial charge in [0.05, 0.1) is 18.9 Å². The molecule has 166 valence electrons. The van der Waals surface area contributed by atoms with Gasteiger partial charge in [0.1, 0.15) is 35.7 Å². The van der Waals surface area contributed by atoms with Gasteiger partial charge in [-0.15, -0.1) is 0 Å². The lowest BCUT2D eigenvalue weighted by atomic mass is 9.80. The molecule has 0 radical (unpaired) electrons. The van der Waals surface area contributed by atoms with E-state index in [0.717, 1.165) is 5.56 Å². The molecule has 1 aromatic carbocycles. The summed E-state index contributed by atoms with van der Waals surface area (Å²) in [4.78, 5) is 4.03. The molecule has 2 aromatic heterocycles. The Labute approximate surface area is 185 Å². The van der Waals surface area contributed by atoms with Crippen molar-refractivity contribution in [3.05, 3.63) is 60.0 Å². The molecule has 9 heteroatoms. The van der Waals surface area contributed by atoms with Gasteiger partial charge in [0.25, 0.3) is 0 Å². The number of nitrogen functional groups attached to an aromatic ring is 1. The van der Waals surface area contributed by atoms with Crippen molar-refractivity contribution in [1.82, 2.24) is 14.6 Å². The highest BCUT2D eigenvalue weighted by Gasteiger charge is 2.73. The first kappa shape index (κ1) is 20.8. The van der Waals surface area contributed by atoms with Crippen LogP contribution in [0.25, 0.3) is 5.52 Å². The molecule has 4 atom stereocenters. The van der Waals surface area contributed by atoms with E-state index in [1.54, 1.807) is 16.6 Å². The lowest BCUT2D eigenvalue weighted by molar-refractivity contribution is -0.225. The van der Waals surface area contributed by atoms with E-state index in [1.807, 2.05) is 51.1 Å². The largest absolute Gasteiger partial charge is 0.382 e. The first-order valence-corrected chi connectivity index (χ1v) is 10.5. The van der Waals surface area contributed by atoms with Crippen LogP contribution in [-0.2, 0) is 31.2 Å². The summed E-state index contributed by atoms with van der Waals surface area (Å²) in [5.74, 6) is -0.588. The zero-order valence-corrected chi connectivity index (χ0v) is 18.2. The van der Waals surface area contributed by atoms with Crippen molar-refractivity contribution >= 4 is 11.3 Å². The minimum absolute atomic E-state index is 0.235. The average Bonchev–Trinajstić information content (AvgIpc) is 3.37.